The lowest BCUT2D eigenvalue weighted by Crippen LogP contribution is -2.12. The van der Waals surface area contributed by atoms with Gasteiger partial charge >= 0.3 is 0 Å². The zero-order chi connectivity index (χ0) is 19.4. The van der Waals surface area contributed by atoms with Gasteiger partial charge in [-0.1, -0.05) is 29.9 Å². The molecule has 0 amide bonds. The molecule has 3 rings (SSSR count). The molecule has 10 heteroatoms. The predicted molar refractivity (Wildman–Crippen MR) is 107 cm³/mol. The Hall–Kier alpha value is -2.36. The quantitative estimate of drug-likeness (QED) is 0.531. The zero-order valence-corrected chi connectivity index (χ0v) is 16.7. The summed E-state index contributed by atoms with van der Waals surface area (Å²) in [5, 5.41) is 22.2. The topological polar surface area (TPSA) is 104 Å². The minimum atomic E-state index is -3.73. The van der Waals surface area contributed by atoms with Crippen LogP contribution in [0.25, 0.3) is 0 Å². The lowest BCUT2D eigenvalue weighted by molar-refractivity contribution is 0.469. The number of phenols is 1. The van der Waals surface area contributed by atoms with Gasteiger partial charge in [-0.3, -0.25) is 4.72 Å². The molecule has 3 aromatic rings. The highest BCUT2D eigenvalue weighted by molar-refractivity contribution is 7.93. The third-order valence-electron chi connectivity index (χ3n) is 3.68. The fourth-order valence-corrected chi connectivity index (χ4v) is 4.36. The van der Waals surface area contributed by atoms with E-state index in [1.165, 1.54) is 29.5 Å². The van der Waals surface area contributed by atoms with E-state index in [1.54, 1.807) is 24.3 Å². The van der Waals surface area contributed by atoms with Crippen molar-refractivity contribution in [2.24, 2.45) is 0 Å². The van der Waals surface area contributed by atoms with Gasteiger partial charge in [0.15, 0.2) is 0 Å². The lowest BCUT2D eigenvalue weighted by Gasteiger charge is -2.10. The van der Waals surface area contributed by atoms with Crippen LogP contribution in [0.4, 0.5) is 10.8 Å². The second-order valence-electron chi connectivity index (χ2n) is 5.61. The van der Waals surface area contributed by atoms with Crippen LogP contribution < -0.4 is 10.0 Å². The number of benzene rings is 2. The van der Waals surface area contributed by atoms with Crippen molar-refractivity contribution in [3.63, 3.8) is 0 Å². The van der Waals surface area contributed by atoms with Gasteiger partial charge in [-0.2, -0.15) is 0 Å². The number of aromatic hydroxyl groups is 1. The molecular formula is C17H17ClN4O3S2. The number of hydrogen-bond acceptors (Lipinski definition) is 7. The minimum absolute atomic E-state index is 0.118. The second-order valence-corrected chi connectivity index (χ2v) is 8.79. The predicted octanol–water partition coefficient (Wildman–Crippen LogP) is 3.87. The van der Waals surface area contributed by atoms with Gasteiger partial charge in [-0.25, -0.2) is 8.42 Å². The molecule has 0 spiro atoms. The molecular weight excluding hydrogens is 408 g/mol. The standard InChI is InChI=1S/C17H17ClN4O3S2/c1-2-16-20-21-17(26-16)22-27(24,25)14-6-4-13(5-7-14)19-10-11-9-12(18)3-8-15(11)23/h3-9,19,23H,2,10H2,1H3,(H,21,22). The number of nitrogens with one attached hydrogen (secondary N) is 2. The van der Waals surface area contributed by atoms with E-state index >= 15 is 0 Å². The summed E-state index contributed by atoms with van der Waals surface area (Å²) < 4.78 is 27.3. The number of rotatable bonds is 7. The molecule has 0 saturated heterocycles. The van der Waals surface area contributed by atoms with Gasteiger partial charge in [-0.05, 0) is 48.9 Å². The fourth-order valence-electron chi connectivity index (χ4n) is 2.26. The van der Waals surface area contributed by atoms with Crippen molar-refractivity contribution < 1.29 is 13.5 Å². The molecule has 142 valence electrons. The van der Waals surface area contributed by atoms with E-state index in [4.69, 9.17) is 11.6 Å². The summed E-state index contributed by atoms with van der Waals surface area (Å²) in [5.74, 6) is 0.138. The molecule has 7 nitrogen and oxygen atoms in total. The molecule has 1 heterocycles. The molecule has 0 unspecified atom stereocenters. The summed E-state index contributed by atoms with van der Waals surface area (Å²) in [6.45, 7) is 2.27. The minimum Gasteiger partial charge on any atom is -0.508 e. The highest BCUT2D eigenvalue weighted by Crippen LogP contribution is 2.24. The Labute approximate surface area is 166 Å². The number of anilines is 2. The van der Waals surface area contributed by atoms with E-state index in [-0.39, 0.29) is 15.8 Å². The van der Waals surface area contributed by atoms with E-state index in [9.17, 15) is 13.5 Å². The number of nitrogens with zero attached hydrogens (tertiary/aromatic N) is 2. The van der Waals surface area contributed by atoms with Crippen molar-refractivity contribution in [3.8, 4) is 5.75 Å². The smallest absolute Gasteiger partial charge is 0.263 e. The Morgan fingerprint density at radius 1 is 1.15 bits per heavy atom. The molecule has 0 aliphatic carbocycles. The van der Waals surface area contributed by atoms with Crippen molar-refractivity contribution >= 4 is 43.8 Å². The van der Waals surface area contributed by atoms with E-state index in [0.717, 1.165) is 5.01 Å². The average molecular weight is 425 g/mol. The SMILES string of the molecule is CCc1nnc(NS(=O)(=O)c2ccc(NCc3cc(Cl)ccc3O)cc2)s1. The Balaban J connectivity index is 1.67. The summed E-state index contributed by atoms with van der Waals surface area (Å²) in [6, 6.07) is 11.1. The number of hydrogen-bond donors (Lipinski definition) is 3. The molecule has 0 atom stereocenters. The molecule has 0 radical (unpaired) electrons. The molecule has 1 aromatic heterocycles. The largest absolute Gasteiger partial charge is 0.508 e. The number of halogens is 1. The van der Waals surface area contributed by atoms with Crippen molar-refractivity contribution in [2.75, 3.05) is 10.0 Å². The van der Waals surface area contributed by atoms with Gasteiger partial charge in [0, 0.05) is 22.8 Å². The van der Waals surface area contributed by atoms with Crippen LogP contribution in [-0.2, 0) is 23.0 Å². The molecule has 0 aliphatic rings. The number of aryl methyl sites for hydroxylation is 1. The molecule has 0 bridgehead atoms. The van der Waals surface area contributed by atoms with Gasteiger partial charge in [0.25, 0.3) is 10.0 Å². The first-order valence-corrected chi connectivity index (χ1v) is 10.7. The van der Waals surface area contributed by atoms with E-state index < -0.39 is 10.0 Å². The molecule has 2 aromatic carbocycles. The highest BCUT2D eigenvalue weighted by Gasteiger charge is 2.16. The number of aromatic nitrogens is 2. The summed E-state index contributed by atoms with van der Waals surface area (Å²) in [6.07, 6.45) is 0.696. The average Bonchev–Trinajstić information content (AvgIpc) is 3.09. The highest BCUT2D eigenvalue weighted by atomic mass is 35.5. The number of sulfonamides is 1. The molecule has 0 aliphatic heterocycles. The first-order chi connectivity index (χ1) is 12.9. The summed E-state index contributed by atoms with van der Waals surface area (Å²) >= 11 is 7.13. The normalized spacial score (nSPS) is 11.3. The van der Waals surface area contributed by atoms with Crippen molar-refractivity contribution in [2.45, 2.75) is 24.8 Å². The van der Waals surface area contributed by atoms with Crippen LogP contribution in [0.1, 0.15) is 17.5 Å². The molecule has 0 fully saturated rings. The van der Waals surface area contributed by atoms with Gasteiger partial charge in [0.1, 0.15) is 10.8 Å². The zero-order valence-electron chi connectivity index (χ0n) is 14.3. The maximum atomic E-state index is 12.4. The first kappa shape index (κ1) is 19.4. The third kappa shape index (κ3) is 4.88. The van der Waals surface area contributed by atoms with Crippen LogP contribution in [0, 0.1) is 0 Å². The monoisotopic (exact) mass is 424 g/mol. The summed E-state index contributed by atoms with van der Waals surface area (Å²) in [5.41, 5.74) is 1.35. The number of phenolic OH excluding ortho intramolecular Hbond substituents is 1. The molecule has 27 heavy (non-hydrogen) atoms. The van der Waals surface area contributed by atoms with E-state index in [0.29, 0.717) is 29.2 Å². The Bertz CT molecular complexity index is 1040. The molecule has 0 saturated carbocycles. The van der Waals surface area contributed by atoms with Gasteiger partial charge in [0.05, 0.1) is 4.90 Å². The molecule has 3 N–H and O–H groups in total. The Morgan fingerprint density at radius 2 is 1.89 bits per heavy atom. The van der Waals surface area contributed by atoms with Gasteiger partial charge in [-0.15, -0.1) is 10.2 Å². The summed E-state index contributed by atoms with van der Waals surface area (Å²) in [4.78, 5) is 0.118. The fraction of sp³-hybridized carbons (Fsp3) is 0.176. The van der Waals surface area contributed by atoms with Crippen LogP contribution in [0.2, 0.25) is 5.02 Å². The van der Waals surface area contributed by atoms with Gasteiger partial charge in [0.2, 0.25) is 5.13 Å². The van der Waals surface area contributed by atoms with E-state index in [2.05, 4.69) is 20.2 Å². The van der Waals surface area contributed by atoms with Crippen molar-refractivity contribution in [1.82, 2.24) is 10.2 Å². The Morgan fingerprint density at radius 3 is 2.56 bits per heavy atom. The second kappa shape index (κ2) is 8.12. The third-order valence-corrected chi connectivity index (χ3v) is 6.38. The van der Waals surface area contributed by atoms with Crippen molar-refractivity contribution in [1.29, 1.82) is 0 Å². The maximum absolute atomic E-state index is 12.4. The van der Waals surface area contributed by atoms with Crippen molar-refractivity contribution in [3.05, 3.63) is 58.1 Å². The lowest BCUT2D eigenvalue weighted by atomic mass is 10.2. The van der Waals surface area contributed by atoms with Crippen LogP contribution >= 0.6 is 22.9 Å². The Kier molecular flexibility index (Phi) is 5.83. The van der Waals surface area contributed by atoms with Crippen LogP contribution in [0.15, 0.2) is 47.4 Å². The first-order valence-electron chi connectivity index (χ1n) is 8.04. The van der Waals surface area contributed by atoms with E-state index in [1.807, 2.05) is 6.92 Å². The van der Waals surface area contributed by atoms with Crippen LogP contribution in [0.3, 0.4) is 0 Å². The van der Waals surface area contributed by atoms with Gasteiger partial charge < -0.3 is 10.4 Å². The van der Waals surface area contributed by atoms with Crippen LogP contribution in [0.5, 0.6) is 5.75 Å². The van der Waals surface area contributed by atoms with Crippen LogP contribution in [-0.4, -0.2) is 23.7 Å². The maximum Gasteiger partial charge on any atom is 0.263 e. The summed E-state index contributed by atoms with van der Waals surface area (Å²) in [7, 11) is -3.73.